The van der Waals surface area contributed by atoms with Crippen LogP contribution in [-0.4, -0.2) is 10.2 Å². The molecule has 0 fully saturated rings. The van der Waals surface area contributed by atoms with Crippen LogP contribution in [0.1, 0.15) is 5.56 Å². The van der Waals surface area contributed by atoms with E-state index in [2.05, 4.69) is 15.5 Å². The maximum absolute atomic E-state index is 8.85. The van der Waals surface area contributed by atoms with E-state index < -0.39 is 0 Å². The van der Waals surface area contributed by atoms with Gasteiger partial charge < -0.3 is 5.32 Å². The zero-order chi connectivity index (χ0) is 14.8. The first kappa shape index (κ1) is 13.6. The van der Waals surface area contributed by atoms with Crippen LogP contribution in [0, 0.1) is 11.3 Å². The van der Waals surface area contributed by atoms with Gasteiger partial charge in [-0.15, -0.1) is 10.2 Å². The first-order valence-electron chi connectivity index (χ1n) is 6.06. The minimum atomic E-state index is 0.349. The molecule has 1 heterocycles. The van der Waals surface area contributed by atoms with Gasteiger partial charge in [0.05, 0.1) is 22.3 Å². The van der Waals surface area contributed by atoms with Crippen molar-refractivity contribution in [1.29, 1.82) is 5.26 Å². The van der Waals surface area contributed by atoms with Gasteiger partial charge in [-0.05, 0) is 18.2 Å². The van der Waals surface area contributed by atoms with Crippen molar-refractivity contribution in [3.63, 3.8) is 0 Å². The van der Waals surface area contributed by atoms with Gasteiger partial charge in [0.25, 0.3) is 0 Å². The Bertz CT molecular complexity index is 871. The third-order valence-corrected chi connectivity index (χ3v) is 3.59. The summed E-state index contributed by atoms with van der Waals surface area (Å²) in [4.78, 5) is 0. The van der Waals surface area contributed by atoms with Gasteiger partial charge in [0.15, 0.2) is 11.0 Å². The Labute approximate surface area is 130 Å². The lowest BCUT2D eigenvalue weighted by Gasteiger charge is -2.10. The number of halogens is 2. The molecule has 0 radical (unpaired) electrons. The van der Waals surface area contributed by atoms with Gasteiger partial charge in [-0.1, -0.05) is 47.5 Å². The molecule has 3 rings (SSSR count). The highest BCUT2D eigenvalue weighted by atomic mass is 35.5. The number of anilines is 2. The Morgan fingerprint density at radius 2 is 1.76 bits per heavy atom. The molecule has 0 amide bonds. The molecule has 0 saturated heterocycles. The van der Waals surface area contributed by atoms with E-state index >= 15 is 0 Å². The summed E-state index contributed by atoms with van der Waals surface area (Å²) in [5, 5.41) is 22.4. The Kier molecular flexibility index (Phi) is 3.61. The summed E-state index contributed by atoms with van der Waals surface area (Å²) in [7, 11) is 0. The molecule has 2 aromatic carbocycles. The fourth-order valence-electron chi connectivity index (χ4n) is 1.98. The van der Waals surface area contributed by atoms with E-state index in [1.165, 1.54) is 0 Å². The zero-order valence-electron chi connectivity index (χ0n) is 10.6. The maximum Gasteiger partial charge on any atom is 0.161 e. The molecule has 0 aliphatic rings. The van der Waals surface area contributed by atoms with Crippen LogP contribution in [0.5, 0.6) is 0 Å². The molecule has 21 heavy (non-hydrogen) atoms. The van der Waals surface area contributed by atoms with E-state index in [1.54, 1.807) is 18.2 Å². The molecule has 3 aromatic rings. The topological polar surface area (TPSA) is 61.6 Å². The molecule has 0 atom stereocenters. The largest absolute Gasteiger partial charge is 0.337 e. The second-order valence-electron chi connectivity index (χ2n) is 4.32. The second kappa shape index (κ2) is 5.57. The lowest BCUT2D eigenvalue weighted by molar-refractivity contribution is 1.05. The Hall–Kier alpha value is -2.35. The van der Waals surface area contributed by atoms with E-state index in [4.69, 9.17) is 28.5 Å². The van der Waals surface area contributed by atoms with Gasteiger partial charge in [0.1, 0.15) is 0 Å². The van der Waals surface area contributed by atoms with Gasteiger partial charge in [-0.25, -0.2) is 0 Å². The van der Waals surface area contributed by atoms with E-state index in [1.807, 2.05) is 30.3 Å². The number of aromatic nitrogens is 2. The molecule has 0 unspecified atom stereocenters. The summed E-state index contributed by atoms with van der Waals surface area (Å²) in [6.07, 6.45) is 0. The average Bonchev–Trinajstić information content (AvgIpc) is 2.52. The number of nitrogens with zero attached hydrogens (tertiary/aromatic N) is 3. The van der Waals surface area contributed by atoms with Crippen LogP contribution in [0.25, 0.3) is 10.8 Å². The third kappa shape index (κ3) is 2.62. The van der Waals surface area contributed by atoms with Crippen LogP contribution in [-0.2, 0) is 0 Å². The van der Waals surface area contributed by atoms with Crippen LogP contribution in [0.4, 0.5) is 11.5 Å². The minimum absolute atomic E-state index is 0.349. The number of nitrogens with one attached hydrogen (secondary N) is 1. The maximum atomic E-state index is 8.85. The molecule has 102 valence electrons. The molecule has 6 heteroatoms. The Morgan fingerprint density at radius 1 is 1.00 bits per heavy atom. The van der Waals surface area contributed by atoms with Crippen molar-refractivity contribution < 1.29 is 0 Å². The summed E-state index contributed by atoms with van der Waals surface area (Å²) < 4.78 is 0. The monoisotopic (exact) mass is 314 g/mol. The smallest absolute Gasteiger partial charge is 0.161 e. The van der Waals surface area contributed by atoms with Crippen molar-refractivity contribution in [2.75, 3.05) is 5.32 Å². The summed E-state index contributed by atoms with van der Waals surface area (Å²) >= 11 is 12.2. The lowest BCUT2D eigenvalue weighted by atomic mass is 10.2. The molecule has 0 bridgehead atoms. The Morgan fingerprint density at radius 3 is 2.48 bits per heavy atom. The molecule has 1 N–H and O–H groups in total. The highest BCUT2D eigenvalue weighted by molar-refractivity contribution is 6.35. The van der Waals surface area contributed by atoms with Crippen LogP contribution in [0.2, 0.25) is 10.2 Å². The van der Waals surface area contributed by atoms with Crippen LogP contribution >= 0.6 is 23.2 Å². The van der Waals surface area contributed by atoms with Crippen molar-refractivity contribution in [2.45, 2.75) is 0 Å². The lowest BCUT2D eigenvalue weighted by Crippen LogP contribution is -1.98. The average molecular weight is 315 g/mol. The quantitative estimate of drug-likeness (QED) is 0.753. The fraction of sp³-hybridized carbons (Fsp3) is 0. The van der Waals surface area contributed by atoms with Crippen molar-refractivity contribution >= 4 is 45.5 Å². The van der Waals surface area contributed by atoms with Gasteiger partial charge in [0.2, 0.25) is 0 Å². The Balaban J connectivity index is 2.07. The van der Waals surface area contributed by atoms with E-state index in [0.29, 0.717) is 27.2 Å². The number of fused-ring (bicyclic) bond motifs is 1. The normalized spacial score (nSPS) is 10.3. The first-order valence-corrected chi connectivity index (χ1v) is 6.82. The number of hydrogen-bond donors (Lipinski definition) is 1. The fourth-order valence-corrected chi connectivity index (χ4v) is 2.41. The highest BCUT2D eigenvalue weighted by Gasteiger charge is 2.09. The van der Waals surface area contributed by atoms with Crippen LogP contribution in [0.3, 0.4) is 0 Å². The SMILES string of the molecule is N#Cc1ccc(Nc2nnc(Cl)c3ccccc23)c(Cl)c1. The van der Waals surface area contributed by atoms with Crippen LogP contribution in [0.15, 0.2) is 42.5 Å². The second-order valence-corrected chi connectivity index (χ2v) is 5.08. The van der Waals surface area contributed by atoms with E-state index in [0.717, 1.165) is 10.8 Å². The van der Waals surface area contributed by atoms with Gasteiger partial charge in [-0.2, -0.15) is 5.26 Å². The minimum Gasteiger partial charge on any atom is -0.337 e. The standard InChI is InChI=1S/C15H8Cl2N4/c16-12-7-9(8-18)5-6-13(12)19-15-11-4-2-1-3-10(11)14(17)20-21-15/h1-7H,(H,19,21). The summed E-state index contributed by atoms with van der Waals surface area (Å²) in [5.41, 5.74) is 1.15. The van der Waals surface area contributed by atoms with Crippen molar-refractivity contribution in [3.8, 4) is 6.07 Å². The van der Waals surface area contributed by atoms with E-state index in [9.17, 15) is 0 Å². The number of rotatable bonds is 2. The summed E-state index contributed by atoms with van der Waals surface area (Å²) in [6, 6.07) is 14.6. The van der Waals surface area contributed by atoms with Crippen molar-refractivity contribution in [2.24, 2.45) is 0 Å². The highest BCUT2D eigenvalue weighted by Crippen LogP contribution is 2.30. The van der Waals surface area contributed by atoms with Crippen LogP contribution < -0.4 is 5.32 Å². The zero-order valence-corrected chi connectivity index (χ0v) is 12.2. The number of benzene rings is 2. The molecule has 0 spiro atoms. The van der Waals surface area contributed by atoms with E-state index in [-0.39, 0.29) is 0 Å². The molecule has 0 aliphatic heterocycles. The molecule has 0 saturated carbocycles. The predicted octanol–water partition coefficient (Wildman–Crippen LogP) is 4.55. The molecular formula is C15H8Cl2N4. The van der Waals surface area contributed by atoms with Gasteiger partial charge >= 0.3 is 0 Å². The summed E-state index contributed by atoms with van der Waals surface area (Å²) in [5.74, 6) is 0.557. The molecule has 4 nitrogen and oxygen atoms in total. The number of hydrogen-bond acceptors (Lipinski definition) is 4. The molecular weight excluding hydrogens is 307 g/mol. The molecule has 1 aromatic heterocycles. The van der Waals surface area contributed by atoms with Gasteiger partial charge in [-0.3, -0.25) is 0 Å². The van der Waals surface area contributed by atoms with Gasteiger partial charge in [0, 0.05) is 10.8 Å². The predicted molar refractivity (Wildman–Crippen MR) is 84.0 cm³/mol. The van der Waals surface area contributed by atoms with Crippen molar-refractivity contribution in [3.05, 3.63) is 58.2 Å². The van der Waals surface area contributed by atoms with Crippen molar-refractivity contribution in [1.82, 2.24) is 10.2 Å². The first-order chi connectivity index (χ1) is 10.2. The summed E-state index contributed by atoms with van der Waals surface area (Å²) in [6.45, 7) is 0. The number of nitriles is 1. The third-order valence-electron chi connectivity index (χ3n) is 2.99. The molecule has 0 aliphatic carbocycles.